The molecule has 1 aliphatic rings. The average molecular weight is 194 g/mol. The fourth-order valence-corrected chi connectivity index (χ4v) is 2.11. The molecular formula is C13H10N2. The second kappa shape index (κ2) is 2.80. The minimum absolute atomic E-state index is 0.207. The van der Waals surface area contributed by atoms with E-state index in [-0.39, 0.29) is 5.41 Å². The third kappa shape index (κ3) is 1.13. The van der Waals surface area contributed by atoms with Crippen LogP contribution in [0.4, 0.5) is 0 Å². The Hall–Kier alpha value is -1.88. The average Bonchev–Trinajstić information content (AvgIpc) is 3.09. The van der Waals surface area contributed by atoms with E-state index in [4.69, 9.17) is 0 Å². The molecule has 72 valence electrons. The Labute approximate surface area is 88.2 Å². The summed E-state index contributed by atoms with van der Waals surface area (Å²) in [6.45, 7) is 0. The molecule has 1 saturated carbocycles. The summed E-state index contributed by atoms with van der Waals surface area (Å²) in [7, 11) is 0. The van der Waals surface area contributed by atoms with E-state index < -0.39 is 0 Å². The van der Waals surface area contributed by atoms with Gasteiger partial charge in [0, 0.05) is 17.8 Å². The van der Waals surface area contributed by atoms with Crippen LogP contribution in [0.3, 0.4) is 0 Å². The Morgan fingerprint density at radius 1 is 1.27 bits per heavy atom. The van der Waals surface area contributed by atoms with E-state index >= 15 is 0 Å². The molecule has 1 aliphatic carbocycles. The normalized spacial score (nSPS) is 17.3. The first-order valence-electron chi connectivity index (χ1n) is 5.10. The van der Waals surface area contributed by atoms with Gasteiger partial charge >= 0.3 is 0 Å². The lowest BCUT2D eigenvalue weighted by Gasteiger charge is -2.09. The molecule has 0 atom stereocenters. The van der Waals surface area contributed by atoms with Crippen LogP contribution in [-0.4, -0.2) is 4.98 Å². The molecule has 0 spiro atoms. The van der Waals surface area contributed by atoms with Crippen LogP contribution in [0.2, 0.25) is 0 Å². The standard InChI is InChI=1S/C13H10N2/c14-9-13(5-6-13)12-3-1-2-10-8-15-7-4-11(10)12/h1-4,7-8H,5-6H2. The molecule has 0 radical (unpaired) electrons. The van der Waals surface area contributed by atoms with Crippen molar-refractivity contribution in [2.24, 2.45) is 0 Å². The highest BCUT2D eigenvalue weighted by Gasteiger charge is 2.45. The Bertz CT molecular complexity index is 557. The summed E-state index contributed by atoms with van der Waals surface area (Å²) >= 11 is 0. The SMILES string of the molecule is N#CC1(c2cccc3cnccc23)CC1. The summed E-state index contributed by atoms with van der Waals surface area (Å²) in [5, 5.41) is 11.5. The summed E-state index contributed by atoms with van der Waals surface area (Å²) in [6, 6.07) is 10.6. The first kappa shape index (κ1) is 8.43. The van der Waals surface area contributed by atoms with Gasteiger partial charge in [-0.2, -0.15) is 5.26 Å². The van der Waals surface area contributed by atoms with Gasteiger partial charge in [0.05, 0.1) is 11.5 Å². The lowest BCUT2D eigenvalue weighted by Crippen LogP contribution is -2.03. The van der Waals surface area contributed by atoms with E-state index in [9.17, 15) is 5.26 Å². The number of fused-ring (bicyclic) bond motifs is 1. The van der Waals surface area contributed by atoms with Crippen LogP contribution < -0.4 is 0 Å². The third-order valence-electron chi connectivity index (χ3n) is 3.16. The fourth-order valence-electron chi connectivity index (χ4n) is 2.11. The Kier molecular flexibility index (Phi) is 1.58. The summed E-state index contributed by atoms with van der Waals surface area (Å²) in [6.07, 6.45) is 5.63. The van der Waals surface area contributed by atoms with Crippen LogP contribution in [0.1, 0.15) is 18.4 Å². The molecule has 2 heteroatoms. The molecule has 0 N–H and O–H groups in total. The molecule has 0 aliphatic heterocycles. The molecule has 0 bridgehead atoms. The van der Waals surface area contributed by atoms with E-state index in [1.807, 2.05) is 24.4 Å². The van der Waals surface area contributed by atoms with Gasteiger partial charge in [0.1, 0.15) is 0 Å². The second-order valence-corrected chi connectivity index (χ2v) is 4.10. The Balaban J connectivity index is 2.33. The number of pyridine rings is 1. The smallest absolute Gasteiger partial charge is 0.0829 e. The maximum Gasteiger partial charge on any atom is 0.0829 e. The van der Waals surface area contributed by atoms with Crippen molar-refractivity contribution in [2.45, 2.75) is 18.3 Å². The van der Waals surface area contributed by atoms with Crippen LogP contribution in [0, 0.1) is 11.3 Å². The summed E-state index contributed by atoms with van der Waals surface area (Å²) in [5.41, 5.74) is 0.964. The van der Waals surface area contributed by atoms with Gasteiger partial charge in [0.2, 0.25) is 0 Å². The van der Waals surface area contributed by atoms with E-state index in [1.165, 1.54) is 10.9 Å². The quantitative estimate of drug-likeness (QED) is 0.699. The molecule has 0 saturated heterocycles. The van der Waals surface area contributed by atoms with Crippen molar-refractivity contribution >= 4 is 10.8 Å². The minimum atomic E-state index is -0.207. The summed E-state index contributed by atoms with van der Waals surface area (Å²) < 4.78 is 0. The number of aromatic nitrogens is 1. The molecular weight excluding hydrogens is 184 g/mol. The molecule has 3 rings (SSSR count). The van der Waals surface area contributed by atoms with Gasteiger partial charge in [-0.25, -0.2) is 0 Å². The van der Waals surface area contributed by atoms with Crippen molar-refractivity contribution in [1.29, 1.82) is 5.26 Å². The number of hydrogen-bond acceptors (Lipinski definition) is 2. The zero-order chi connectivity index (χ0) is 10.3. The number of rotatable bonds is 1. The molecule has 2 aromatic rings. The second-order valence-electron chi connectivity index (χ2n) is 4.10. The molecule has 2 nitrogen and oxygen atoms in total. The van der Waals surface area contributed by atoms with Gasteiger partial charge in [0.15, 0.2) is 0 Å². The van der Waals surface area contributed by atoms with E-state index in [2.05, 4.69) is 17.1 Å². The van der Waals surface area contributed by atoms with Gasteiger partial charge < -0.3 is 0 Å². The summed E-state index contributed by atoms with van der Waals surface area (Å²) in [5.74, 6) is 0. The highest BCUT2D eigenvalue weighted by molar-refractivity contribution is 5.86. The number of hydrogen-bond donors (Lipinski definition) is 0. The van der Waals surface area contributed by atoms with Gasteiger partial charge in [-0.15, -0.1) is 0 Å². The van der Waals surface area contributed by atoms with Crippen LogP contribution >= 0.6 is 0 Å². The van der Waals surface area contributed by atoms with Crippen molar-refractivity contribution in [3.8, 4) is 6.07 Å². The maximum atomic E-state index is 9.20. The van der Waals surface area contributed by atoms with Crippen LogP contribution in [0.5, 0.6) is 0 Å². The topological polar surface area (TPSA) is 36.7 Å². The molecule has 1 heterocycles. The largest absolute Gasteiger partial charge is 0.264 e. The molecule has 0 unspecified atom stereocenters. The van der Waals surface area contributed by atoms with Crippen LogP contribution in [0.15, 0.2) is 36.7 Å². The van der Waals surface area contributed by atoms with Crippen molar-refractivity contribution in [3.05, 3.63) is 42.2 Å². The predicted octanol–water partition coefficient (Wildman–Crippen LogP) is 2.79. The lowest BCUT2D eigenvalue weighted by molar-refractivity contribution is 0.920. The fraction of sp³-hybridized carbons (Fsp3) is 0.231. The molecule has 15 heavy (non-hydrogen) atoms. The van der Waals surface area contributed by atoms with Crippen molar-refractivity contribution in [2.75, 3.05) is 0 Å². The van der Waals surface area contributed by atoms with E-state index in [1.54, 1.807) is 6.20 Å². The molecule has 1 fully saturated rings. The number of nitrogens with zero attached hydrogens (tertiary/aromatic N) is 2. The predicted molar refractivity (Wildman–Crippen MR) is 58.3 cm³/mol. The Morgan fingerprint density at radius 2 is 2.13 bits per heavy atom. The number of benzene rings is 1. The third-order valence-corrected chi connectivity index (χ3v) is 3.16. The first-order chi connectivity index (χ1) is 7.36. The zero-order valence-corrected chi connectivity index (χ0v) is 8.27. The van der Waals surface area contributed by atoms with Gasteiger partial charge in [-0.1, -0.05) is 18.2 Å². The van der Waals surface area contributed by atoms with Crippen LogP contribution in [-0.2, 0) is 5.41 Å². The highest BCUT2D eigenvalue weighted by Crippen LogP contribution is 2.49. The number of nitriles is 1. The van der Waals surface area contributed by atoms with Gasteiger partial charge in [-0.3, -0.25) is 4.98 Å². The minimum Gasteiger partial charge on any atom is -0.264 e. The lowest BCUT2D eigenvalue weighted by atomic mass is 9.93. The molecule has 1 aromatic carbocycles. The van der Waals surface area contributed by atoms with Gasteiger partial charge in [-0.05, 0) is 29.9 Å². The Morgan fingerprint density at radius 3 is 2.87 bits per heavy atom. The van der Waals surface area contributed by atoms with Gasteiger partial charge in [0.25, 0.3) is 0 Å². The first-order valence-corrected chi connectivity index (χ1v) is 5.10. The maximum absolute atomic E-state index is 9.20. The highest BCUT2D eigenvalue weighted by atomic mass is 14.6. The molecule has 1 aromatic heterocycles. The van der Waals surface area contributed by atoms with E-state index in [0.717, 1.165) is 18.2 Å². The summed E-state index contributed by atoms with van der Waals surface area (Å²) in [4.78, 5) is 4.10. The van der Waals surface area contributed by atoms with Crippen molar-refractivity contribution in [1.82, 2.24) is 4.98 Å². The van der Waals surface area contributed by atoms with Crippen molar-refractivity contribution in [3.63, 3.8) is 0 Å². The van der Waals surface area contributed by atoms with Crippen molar-refractivity contribution < 1.29 is 0 Å². The van der Waals surface area contributed by atoms with E-state index in [0.29, 0.717) is 0 Å². The van der Waals surface area contributed by atoms with Crippen LogP contribution in [0.25, 0.3) is 10.8 Å². The zero-order valence-electron chi connectivity index (χ0n) is 8.27. The monoisotopic (exact) mass is 194 g/mol. The molecule has 0 amide bonds.